The van der Waals surface area contributed by atoms with Crippen molar-refractivity contribution in [1.29, 1.82) is 0 Å². The lowest BCUT2D eigenvalue weighted by atomic mass is 10.0. The zero-order valence-corrected chi connectivity index (χ0v) is 12.0. The molecule has 7 nitrogen and oxygen atoms in total. The van der Waals surface area contributed by atoms with E-state index in [4.69, 9.17) is 10.3 Å². The molecule has 0 aromatic carbocycles. The fourth-order valence-corrected chi connectivity index (χ4v) is 1.31. The number of ether oxygens (including phenoxy) is 1. The van der Waals surface area contributed by atoms with Gasteiger partial charge in [0.05, 0.1) is 0 Å². The van der Waals surface area contributed by atoms with Crippen LogP contribution in [0.1, 0.15) is 40.5 Å². The number of esters is 1. The molecule has 108 valence electrons. The minimum absolute atomic E-state index is 0.156. The zero-order chi connectivity index (χ0) is 14.9. The number of nitrogens with one attached hydrogen (secondary N) is 1. The second kappa shape index (κ2) is 8.37. The molecule has 0 aliphatic carbocycles. The van der Waals surface area contributed by atoms with Crippen LogP contribution in [0.25, 0.3) is 10.4 Å². The van der Waals surface area contributed by atoms with E-state index in [1.807, 2.05) is 0 Å². The van der Waals surface area contributed by atoms with E-state index in [-0.39, 0.29) is 30.8 Å². The number of carbonyl (C=O) groups excluding carboxylic acids is 2. The van der Waals surface area contributed by atoms with Gasteiger partial charge in [-0.25, -0.2) is 0 Å². The summed E-state index contributed by atoms with van der Waals surface area (Å²) >= 11 is 0. The first kappa shape index (κ1) is 17.2. The molecular formula is C12H22N4O3. The quantitative estimate of drug-likeness (QED) is 0.252. The maximum Gasteiger partial charge on any atom is 0.306 e. The molecule has 0 saturated carbocycles. The van der Waals surface area contributed by atoms with Crippen LogP contribution in [0.2, 0.25) is 0 Å². The molecule has 0 bridgehead atoms. The van der Waals surface area contributed by atoms with Crippen molar-refractivity contribution in [3.63, 3.8) is 0 Å². The molecule has 19 heavy (non-hydrogen) atoms. The summed E-state index contributed by atoms with van der Waals surface area (Å²) in [7, 11) is 0. The Morgan fingerprint density at radius 3 is 2.58 bits per heavy atom. The van der Waals surface area contributed by atoms with Gasteiger partial charge in [0, 0.05) is 30.3 Å². The van der Waals surface area contributed by atoms with Crippen molar-refractivity contribution < 1.29 is 14.3 Å². The molecule has 0 rings (SSSR count). The topological polar surface area (TPSA) is 104 Å². The van der Waals surface area contributed by atoms with Crippen molar-refractivity contribution in [2.45, 2.75) is 46.1 Å². The second-order valence-electron chi connectivity index (χ2n) is 5.27. The van der Waals surface area contributed by atoms with Crippen molar-refractivity contribution in [2.24, 2.45) is 11.0 Å². The van der Waals surface area contributed by atoms with E-state index in [2.05, 4.69) is 15.3 Å². The van der Waals surface area contributed by atoms with Gasteiger partial charge < -0.3 is 10.1 Å². The van der Waals surface area contributed by atoms with E-state index in [1.54, 1.807) is 27.7 Å². The van der Waals surface area contributed by atoms with Crippen molar-refractivity contribution in [1.82, 2.24) is 5.32 Å². The van der Waals surface area contributed by atoms with Gasteiger partial charge in [-0.1, -0.05) is 12.0 Å². The third kappa shape index (κ3) is 9.91. The number of rotatable bonds is 7. The first-order chi connectivity index (χ1) is 8.76. The molecular weight excluding hydrogens is 248 g/mol. The van der Waals surface area contributed by atoms with Crippen LogP contribution in [0, 0.1) is 5.92 Å². The number of amides is 1. The highest BCUT2D eigenvalue weighted by molar-refractivity contribution is 5.79. The molecule has 0 saturated heterocycles. The minimum Gasteiger partial charge on any atom is -0.460 e. The number of hydrogen-bond donors (Lipinski definition) is 1. The Morgan fingerprint density at radius 2 is 2.05 bits per heavy atom. The molecule has 1 N–H and O–H groups in total. The van der Waals surface area contributed by atoms with E-state index in [1.165, 1.54) is 0 Å². The van der Waals surface area contributed by atoms with Crippen molar-refractivity contribution in [3.05, 3.63) is 10.4 Å². The van der Waals surface area contributed by atoms with Gasteiger partial charge in [-0.3, -0.25) is 9.59 Å². The number of carbonyl (C=O) groups is 2. The lowest BCUT2D eigenvalue weighted by Crippen LogP contribution is -2.32. The van der Waals surface area contributed by atoms with E-state index >= 15 is 0 Å². The Balaban J connectivity index is 3.90. The van der Waals surface area contributed by atoms with E-state index in [0.29, 0.717) is 13.0 Å². The Bertz CT molecular complexity index is 356. The van der Waals surface area contributed by atoms with Crippen LogP contribution in [0.15, 0.2) is 5.11 Å². The number of hydrogen-bond acceptors (Lipinski definition) is 4. The standard InChI is InChI=1S/C12H22N4O3/c1-9(11(18)14-7-8-15-16-13)5-6-10(17)19-12(2,3)4/h9H,5-8H2,1-4H3,(H,14,18)/t9-/m1/s1. The molecule has 0 spiro atoms. The first-order valence-electron chi connectivity index (χ1n) is 6.26. The van der Waals surface area contributed by atoms with Gasteiger partial charge in [0.1, 0.15) is 5.60 Å². The summed E-state index contributed by atoms with van der Waals surface area (Å²) in [5.74, 6) is -0.739. The SMILES string of the molecule is C[C@H](CCC(=O)OC(C)(C)C)C(=O)NCCN=[N+]=[N-]. The lowest BCUT2D eigenvalue weighted by molar-refractivity contribution is -0.155. The Kier molecular flexibility index (Phi) is 7.60. The summed E-state index contributed by atoms with van der Waals surface area (Å²) in [6, 6.07) is 0. The van der Waals surface area contributed by atoms with Gasteiger partial charge >= 0.3 is 5.97 Å². The summed E-state index contributed by atoms with van der Waals surface area (Å²) in [5.41, 5.74) is 7.57. The third-order valence-corrected chi connectivity index (χ3v) is 2.22. The van der Waals surface area contributed by atoms with Crippen LogP contribution < -0.4 is 5.32 Å². The average Bonchev–Trinajstić information content (AvgIpc) is 2.29. The van der Waals surface area contributed by atoms with Gasteiger partial charge in [0.25, 0.3) is 0 Å². The van der Waals surface area contributed by atoms with Crippen LogP contribution in [0.5, 0.6) is 0 Å². The van der Waals surface area contributed by atoms with Gasteiger partial charge in [-0.15, -0.1) is 0 Å². The van der Waals surface area contributed by atoms with Crippen LogP contribution >= 0.6 is 0 Å². The van der Waals surface area contributed by atoms with Crippen molar-refractivity contribution in [3.8, 4) is 0 Å². The molecule has 0 heterocycles. The lowest BCUT2D eigenvalue weighted by Gasteiger charge is -2.20. The van der Waals surface area contributed by atoms with Crippen LogP contribution in [-0.4, -0.2) is 30.6 Å². The van der Waals surface area contributed by atoms with Gasteiger partial charge in [0.15, 0.2) is 0 Å². The highest BCUT2D eigenvalue weighted by Crippen LogP contribution is 2.12. The molecule has 7 heteroatoms. The molecule has 0 radical (unpaired) electrons. The van der Waals surface area contributed by atoms with Gasteiger partial charge in [-0.2, -0.15) is 0 Å². The van der Waals surface area contributed by atoms with Crippen molar-refractivity contribution >= 4 is 11.9 Å². The number of nitrogens with zero attached hydrogens (tertiary/aromatic N) is 3. The van der Waals surface area contributed by atoms with Crippen molar-refractivity contribution in [2.75, 3.05) is 13.1 Å². The second-order valence-corrected chi connectivity index (χ2v) is 5.27. The summed E-state index contributed by atoms with van der Waals surface area (Å²) in [6.07, 6.45) is 0.643. The van der Waals surface area contributed by atoms with Gasteiger partial charge in [-0.05, 0) is 32.7 Å². The highest BCUT2D eigenvalue weighted by Gasteiger charge is 2.19. The van der Waals surface area contributed by atoms with Crippen LogP contribution in [0.3, 0.4) is 0 Å². The summed E-state index contributed by atoms with van der Waals surface area (Å²) in [4.78, 5) is 25.7. The molecule has 0 aromatic heterocycles. The maximum atomic E-state index is 11.6. The summed E-state index contributed by atoms with van der Waals surface area (Å²) in [5, 5.41) is 5.94. The smallest absolute Gasteiger partial charge is 0.306 e. The largest absolute Gasteiger partial charge is 0.460 e. The predicted octanol–water partition coefficient (Wildman–Crippen LogP) is 2.17. The maximum absolute atomic E-state index is 11.6. The van der Waals surface area contributed by atoms with Gasteiger partial charge in [0.2, 0.25) is 5.91 Å². The third-order valence-electron chi connectivity index (χ3n) is 2.22. The molecule has 1 amide bonds. The molecule has 0 aliphatic rings. The van der Waals surface area contributed by atoms with E-state index < -0.39 is 5.60 Å². The normalized spacial score (nSPS) is 12.2. The Morgan fingerprint density at radius 1 is 1.42 bits per heavy atom. The molecule has 1 atom stereocenters. The number of azide groups is 1. The monoisotopic (exact) mass is 270 g/mol. The highest BCUT2D eigenvalue weighted by atomic mass is 16.6. The van der Waals surface area contributed by atoms with Crippen LogP contribution in [0.4, 0.5) is 0 Å². The van der Waals surface area contributed by atoms with E-state index in [0.717, 1.165) is 0 Å². The predicted molar refractivity (Wildman–Crippen MR) is 71.3 cm³/mol. The van der Waals surface area contributed by atoms with E-state index in [9.17, 15) is 9.59 Å². The molecule has 0 unspecified atom stereocenters. The fourth-order valence-electron chi connectivity index (χ4n) is 1.31. The minimum atomic E-state index is -0.502. The average molecular weight is 270 g/mol. The molecule has 0 fully saturated rings. The first-order valence-corrected chi connectivity index (χ1v) is 6.26. The molecule has 0 aromatic rings. The Hall–Kier alpha value is -1.75. The van der Waals surface area contributed by atoms with Crippen LogP contribution in [-0.2, 0) is 14.3 Å². The fraction of sp³-hybridized carbons (Fsp3) is 0.833. The Labute approximate surface area is 113 Å². The zero-order valence-electron chi connectivity index (χ0n) is 12.0. The summed E-state index contributed by atoms with van der Waals surface area (Å²) < 4.78 is 5.16. The molecule has 0 aliphatic heterocycles. The summed E-state index contributed by atoms with van der Waals surface area (Å²) in [6.45, 7) is 7.68.